The SMILES string of the molecule is CCc1cn[nH]c1NS(=O)(=O)c1c(N)ncn1C. The van der Waals surface area contributed by atoms with Crippen molar-refractivity contribution in [1.82, 2.24) is 19.7 Å². The first-order chi connectivity index (χ1) is 8.45. The number of aryl methyl sites for hydroxylation is 2. The standard InChI is InChI=1S/C9H14N6O2S/c1-3-6-4-12-13-8(6)14-18(16,17)9-7(10)11-5-15(9)2/h4-5H,3,10H2,1-2H3,(H2,12,13,14). The maximum Gasteiger partial charge on any atom is 0.282 e. The van der Waals surface area contributed by atoms with E-state index in [1.807, 2.05) is 6.92 Å². The van der Waals surface area contributed by atoms with Crippen LogP contribution in [-0.4, -0.2) is 28.2 Å². The highest BCUT2D eigenvalue weighted by Gasteiger charge is 2.23. The number of aromatic nitrogens is 4. The number of aromatic amines is 1. The Morgan fingerprint density at radius 3 is 2.83 bits per heavy atom. The number of hydrogen-bond acceptors (Lipinski definition) is 5. The molecule has 0 atom stereocenters. The Labute approximate surface area is 104 Å². The minimum atomic E-state index is -3.78. The van der Waals surface area contributed by atoms with E-state index in [9.17, 15) is 8.42 Å². The lowest BCUT2D eigenvalue weighted by atomic mass is 10.3. The predicted octanol–water partition coefficient (Wildman–Crippen LogP) is 0.0886. The van der Waals surface area contributed by atoms with Crippen LogP contribution in [0.4, 0.5) is 11.6 Å². The van der Waals surface area contributed by atoms with Crippen molar-refractivity contribution in [1.29, 1.82) is 0 Å². The first kappa shape index (κ1) is 12.4. The van der Waals surface area contributed by atoms with E-state index >= 15 is 0 Å². The highest BCUT2D eigenvalue weighted by molar-refractivity contribution is 7.92. The molecule has 0 aliphatic heterocycles. The largest absolute Gasteiger partial charge is 0.381 e. The van der Waals surface area contributed by atoms with Crippen molar-refractivity contribution in [2.75, 3.05) is 10.5 Å². The number of hydrogen-bond donors (Lipinski definition) is 3. The molecule has 0 aromatic carbocycles. The number of sulfonamides is 1. The fraction of sp³-hybridized carbons (Fsp3) is 0.333. The molecule has 2 rings (SSSR count). The van der Waals surface area contributed by atoms with E-state index < -0.39 is 10.0 Å². The van der Waals surface area contributed by atoms with E-state index in [2.05, 4.69) is 19.9 Å². The van der Waals surface area contributed by atoms with Gasteiger partial charge in [0.15, 0.2) is 10.8 Å². The fourth-order valence-corrected chi connectivity index (χ4v) is 2.91. The lowest BCUT2D eigenvalue weighted by Crippen LogP contribution is -2.18. The maximum atomic E-state index is 12.2. The molecular formula is C9H14N6O2S. The van der Waals surface area contributed by atoms with Crippen LogP contribution in [0.2, 0.25) is 0 Å². The number of nitrogen functional groups attached to an aromatic ring is 1. The molecule has 0 fully saturated rings. The van der Waals surface area contributed by atoms with E-state index in [1.165, 1.54) is 10.9 Å². The zero-order chi connectivity index (χ0) is 13.3. The van der Waals surface area contributed by atoms with Crippen LogP contribution in [0.15, 0.2) is 17.6 Å². The second-order valence-electron chi connectivity index (χ2n) is 3.78. The van der Waals surface area contributed by atoms with Gasteiger partial charge >= 0.3 is 0 Å². The Kier molecular flexibility index (Phi) is 2.99. The number of nitrogens with zero attached hydrogens (tertiary/aromatic N) is 3. The van der Waals surface area contributed by atoms with E-state index in [0.717, 1.165) is 5.56 Å². The molecule has 9 heteroatoms. The summed E-state index contributed by atoms with van der Waals surface area (Å²) in [5.74, 6) is 0.306. The first-order valence-electron chi connectivity index (χ1n) is 5.27. The van der Waals surface area contributed by atoms with Crippen molar-refractivity contribution in [2.45, 2.75) is 18.4 Å². The van der Waals surface area contributed by atoms with Gasteiger partial charge in [-0.05, 0) is 6.42 Å². The summed E-state index contributed by atoms with van der Waals surface area (Å²) in [7, 11) is -2.22. The lowest BCUT2D eigenvalue weighted by Gasteiger charge is -2.08. The number of H-pyrrole nitrogens is 1. The molecule has 0 saturated carbocycles. The quantitative estimate of drug-likeness (QED) is 0.727. The molecule has 0 aliphatic rings. The Balaban J connectivity index is 2.40. The smallest absolute Gasteiger partial charge is 0.282 e. The monoisotopic (exact) mass is 270 g/mol. The third-order valence-corrected chi connectivity index (χ3v) is 3.98. The Morgan fingerprint density at radius 1 is 1.56 bits per heavy atom. The van der Waals surface area contributed by atoms with Gasteiger partial charge in [-0.1, -0.05) is 6.92 Å². The third kappa shape index (κ3) is 2.04. The lowest BCUT2D eigenvalue weighted by molar-refractivity contribution is 0.591. The average Bonchev–Trinajstić information content (AvgIpc) is 2.85. The van der Waals surface area contributed by atoms with Gasteiger partial charge in [0.1, 0.15) is 5.82 Å². The molecule has 0 aliphatic carbocycles. The van der Waals surface area contributed by atoms with Crippen molar-refractivity contribution < 1.29 is 8.42 Å². The van der Waals surface area contributed by atoms with Crippen molar-refractivity contribution in [3.05, 3.63) is 18.1 Å². The van der Waals surface area contributed by atoms with Gasteiger partial charge < -0.3 is 10.3 Å². The highest BCUT2D eigenvalue weighted by atomic mass is 32.2. The number of nitrogens with one attached hydrogen (secondary N) is 2. The van der Waals surface area contributed by atoms with Crippen LogP contribution < -0.4 is 10.5 Å². The summed E-state index contributed by atoms with van der Waals surface area (Å²) in [6, 6.07) is 0. The topological polar surface area (TPSA) is 119 Å². The van der Waals surface area contributed by atoms with Gasteiger partial charge in [0, 0.05) is 12.6 Å². The molecule has 0 saturated heterocycles. The Bertz CT molecular complexity index is 637. The molecule has 2 aromatic rings. The van der Waals surface area contributed by atoms with Crippen molar-refractivity contribution in [3.8, 4) is 0 Å². The molecule has 0 unspecified atom stereocenters. The van der Waals surface area contributed by atoms with Crippen molar-refractivity contribution in [3.63, 3.8) is 0 Å². The van der Waals surface area contributed by atoms with Crippen LogP contribution in [0, 0.1) is 0 Å². The molecular weight excluding hydrogens is 256 g/mol. The van der Waals surface area contributed by atoms with Crippen LogP contribution in [0.1, 0.15) is 12.5 Å². The second-order valence-corrected chi connectivity index (χ2v) is 5.37. The summed E-state index contributed by atoms with van der Waals surface area (Å²) in [4.78, 5) is 3.75. The third-order valence-electron chi connectivity index (χ3n) is 2.50. The number of rotatable bonds is 4. The molecule has 0 radical (unpaired) electrons. The summed E-state index contributed by atoms with van der Waals surface area (Å²) >= 11 is 0. The molecule has 0 spiro atoms. The molecule has 2 aromatic heterocycles. The molecule has 18 heavy (non-hydrogen) atoms. The molecule has 0 amide bonds. The zero-order valence-electron chi connectivity index (χ0n) is 10.0. The molecule has 8 nitrogen and oxygen atoms in total. The molecule has 2 heterocycles. The summed E-state index contributed by atoms with van der Waals surface area (Å²) in [5, 5.41) is 6.33. The zero-order valence-corrected chi connectivity index (χ0v) is 10.8. The van der Waals surface area contributed by atoms with Gasteiger partial charge in [-0.2, -0.15) is 13.5 Å². The van der Waals surface area contributed by atoms with E-state index in [-0.39, 0.29) is 10.8 Å². The number of nitrogens with two attached hydrogens (primary N) is 1. The van der Waals surface area contributed by atoms with Crippen LogP contribution in [0.25, 0.3) is 0 Å². The van der Waals surface area contributed by atoms with Crippen LogP contribution in [0.5, 0.6) is 0 Å². The van der Waals surface area contributed by atoms with Gasteiger partial charge in [0.2, 0.25) is 0 Å². The summed E-state index contributed by atoms with van der Waals surface area (Å²) in [6.45, 7) is 1.90. The Hall–Kier alpha value is -2.03. The summed E-state index contributed by atoms with van der Waals surface area (Å²) < 4.78 is 28.1. The Morgan fingerprint density at radius 2 is 2.28 bits per heavy atom. The number of anilines is 2. The van der Waals surface area contributed by atoms with Gasteiger partial charge in [0.25, 0.3) is 10.0 Å². The maximum absolute atomic E-state index is 12.2. The fourth-order valence-electron chi connectivity index (χ4n) is 1.61. The van der Waals surface area contributed by atoms with Crippen LogP contribution in [0.3, 0.4) is 0 Å². The normalized spacial score (nSPS) is 11.7. The van der Waals surface area contributed by atoms with E-state index in [1.54, 1.807) is 13.2 Å². The van der Waals surface area contributed by atoms with Crippen LogP contribution in [-0.2, 0) is 23.5 Å². The van der Waals surface area contributed by atoms with Crippen molar-refractivity contribution >= 4 is 21.7 Å². The predicted molar refractivity (Wildman–Crippen MR) is 66.4 cm³/mol. The minimum Gasteiger partial charge on any atom is -0.381 e. The van der Waals surface area contributed by atoms with Gasteiger partial charge in [-0.15, -0.1) is 0 Å². The molecule has 98 valence electrons. The highest BCUT2D eigenvalue weighted by Crippen LogP contribution is 2.20. The van der Waals surface area contributed by atoms with Gasteiger partial charge in [-0.25, -0.2) is 4.98 Å². The van der Waals surface area contributed by atoms with E-state index in [0.29, 0.717) is 12.2 Å². The first-order valence-corrected chi connectivity index (χ1v) is 6.76. The second kappa shape index (κ2) is 4.33. The van der Waals surface area contributed by atoms with Crippen molar-refractivity contribution in [2.24, 2.45) is 7.05 Å². The van der Waals surface area contributed by atoms with Crippen LogP contribution >= 0.6 is 0 Å². The average molecular weight is 270 g/mol. The summed E-state index contributed by atoms with van der Waals surface area (Å²) in [6.07, 6.45) is 3.58. The van der Waals surface area contributed by atoms with Gasteiger partial charge in [-0.3, -0.25) is 9.82 Å². The van der Waals surface area contributed by atoms with Gasteiger partial charge in [0.05, 0.1) is 12.5 Å². The molecule has 0 bridgehead atoms. The minimum absolute atomic E-state index is 0.0393. The summed E-state index contributed by atoms with van der Waals surface area (Å²) in [5.41, 5.74) is 6.33. The number of imidazole rings is 1. The molecule has 4 N–H and O–H groups in total. The van der Waals surface area contributed by atoms with E-state index in [4.69, 9.17) is 5.73 Å².